The highest BCUT2D eigenvalue weighted by Gasteiger charge is 2.36. The van der Waals surface area contributed by atoms with Gasteiger partial charge < -0.3 is 10.6 Å². The number of rotatable bonds is 6. The summed E-state index contributed by atoms with van der Waals surface area (Å²) >= 11 is 5.96. The van der Waals surface area contributed by atoms with Crippen LogP contribution < -0.4 is 10.6 Å². The number of aromatic nitrogens is 3. The molecule has 0 unspecified atom stereocenters. The van der Waals surface area contributed by atoms with Gasteiger partial charge in [0.1, 0.15) is 5.69 Å². The van der Waals surface area contributed by atoms with Crippen LogP contribution in [0.1, 0.15) is 53.8 Å². The fraction of sp³-hybridized carbons (Fsp3) is 0.375. The van der Waals surface area contributed by atoms with Gasteiger partial charge in [0.05, 0.1) is 22.8 Å². The second kappa shape index (κ2) is 10.1. The Morgan fingerprint density at radius 3 is 2.79 bits per heavy atom. The van der Waals surface area contributed by atoms with Crippen molar-refractivity contribution in [2.24, 2.45) is 0 Å². The van der Waals surface area contributed by atoms with Crippen LogP contribution in [0.15, 0.2) is 48.9 Å². The summed E-state index contributed by atoms with van der Waals surface area (Å²) in [7, 11) is 0. The zero-order chi connectivity index (χ0) is 24.3. The molecule has 0 aliphatic carbocycles. The monoisotopic (exact) mass is 491 g/mol. The third-order valence-corrected chi connectivity index (χ3v) is 6.37. The van der Waals surface area contributed by atoms with Crippen molar-refractivity contribution < 1.29 is 18.0 Å². The van der Waals surface area contributed by atoms with E-state index in [0.717, 1.165) is 61.3 Å². The number of halogens is 4. The van der Waals surface area contributed by atoms with E-state index in [9.17, 15) is 18.0 Å². The first-order valence-corrected chi connectivity index (χ1v) is 11.5. The summed E-state index contributed by atoms with van der Waals surface area (Å²) in [4.78, 5) is 16.9. The lowest BCUT2D eigenvalue weighted by Crippen LogP contribution is -2.46. The molecule has 0 saturated carbocycles. The molecule has 10 heteroatoms. The van der Waals surface area contributed by atoms with Gasteiger partial charge in [-0.3, -0.25) is 9.48 Å². The van der Waals surface area contributed by atoms with Gasteiger partial charge in [-0.2, -0.15) is 18.3 Å². The number of aryl methyl sites for hydroxylation is 1. The largest absolute Gasteiger partial charge is 0.417 e. The molecule has 34 heavy (non-hydrogen) atoms. The van der Waals surface area contributed by atoms with Gasteiger partial charge in [0.25, 0.3) is 5.91 Å². The molecule has 6 nitrogen and oxygen atoms in total. The minimum absolute atomic E-state index is 0.0871. The highest BCUT2D eigenvalue weighted by Crippen LogP contribution is 2.36. The third kappa shape index (κ3) is 5.26. The number of pyridine rings is 1. The molecule has 2 N–H and O–H groups in total. The van der Waals surface area contributed by atoms with Gasteiger partial charge in [0.15, 0.2) is 0 Å². The minimum Gasteiger partial charge on any atom is -0.342 e. The molecule has 2 aromatic heterocycles. The van der Waals surface area contributed by atoms with Gasteiger partial charge in [-0.1, -0.05) is 36.2 Å². The summed E-state index contributed by atoms with van der Waals surface area (Å²) in [5.74, 6) is -0.752. The molecular formula is C24H25ClF3N5O. The van der Waals surface area contributed by atoms with Crippen molar-refractivity contribution in [3.05, 3.63) is 70.8 Å². The van der Waals surface area contributed by atoms with E-state index < -0.39 is 34.4 Å². The molecule has 1 fully saturated rings. The number of carbonyl (C=O) groups excluding carboxylic acids is 1. The van der Waals surface area contributed by atoms with Crippen molar-refractivity contribution in [3.8, 4) is 11.1 Å². The van der Waals surface area contributed by atoms with Gasteiger partial charge in [-0.25, -0.2) is 4.98 Å². The van der Waals surface area contributed by atoms with Crippen molar-refractivity contribution in [2.75, 3.05) is 6.54 Å². The van der Waals surface area contributed by atoms with Crippen molar-refractivity contribution >= 4 is 17.5 Å². The van der Waals surface area contributed by atoms with Crippen LogP contribution in [0.5, 0.6) is 0 Å². The highest BCUT2D eigenvalue weighted by atomic mass is 35.5. The smallest absolute Gasteiger partial charge is 0.342 e. The van der Waals surface area contributed by atoms with Crippen LogP contribution in [-0.2, 0) is 12.7 Å². The number of hydrogen-bond donors (Lipinski definition) is 2. The van der Waals surface area contributed by atoms with E-state index in [4.69, 9.17) is 11.6 Å². The summed E-state index contributed by atoms with van der Waals surface area (Å²) < 4.78 is 41.7. The van der Waals surface area contributed by atoms with E-state index in [1.165, 1.54) is 0 Å². The molecule has 1 aliphatic heterocycles. The first kappa shape index (κ1) is 24.2. The van der Waals surface area contributed by atoms with E-state index in [1.807, 2.05) is 42.1 Å². The Bertz CT molecular complexity index is 1160. The summed E-state index contributed by atoms with van der Waals surface area (Å²) in [6, 6.07) is 7.91. The standard InChI is InChI=1S/C24H25ClF3N5O/c1-2-33-14-17(13-31-33)15-6-5-7-16(12-15)21(19-8-3-4-10-29-19)32-23(34)22-20(25)18(9-11-30-22)24(26,27)28/h5-7,9,11-14,19,21,29H,2-4,8,10H2,1H3,(H,32,34)/t19-,21-/m0/s1. The van der Waals surface area contributed by atoms with Crippen LogP contribution in [0.2, 0.25) is 5.02 Å². The molecule has 1 amide bonds. The van der Waals surface area contributed by atoms with Gasteiger partial charge in [0.2, 0.25) is 0 Å². The molecule has 1 aliphatic rings. The van der Waals surface area contributed by atoms with E-state index in [0.29, 0.717) is 0 Å². The van der Waals surface area contributed by atoms with Crippen molar-refractivity contribution in [2.45, 2.75) is 51.0 Å². The second-order valence-electron chi connectivity index (χ2n) is 8.24. The number of carbonyl (C=O) groups is 1. The van der Waals surface area contributed by atoms with Gasteiger partial charge in [-0.15, -0.1) is 0 Å². The van der Waals surface area contributed by atoms with Crippen LogP contribution in [0.3, 0.4) is 0 Å². The number of amides is 1. The van der Waals surface area contributed by atoms with E-state index in [1.54, 1.807) is 6.20 Å². The highest BCUT2D eigenvalue weighted by molar-refractivity contribution is 6.34. The molecule has 0 bridgehead atoms. The Morgan fingerprint density at radius 2 is 2.12 bits per heavy atom. The maximum atomic E-state index is 13.3. The predicted octanol–water partition coefficient (Wildman–Crippen LogP) is 5.25. The summed E-state index contributed by atoms with van der Waals surface area (Å²) in [6.45, 7) is 3.54. The first-order chi connectivity index (χ1) is 16.3. The van der Waals surface area contributed by atoms with E-state index in [-0.39, 0.29) is 6.04 Å². The molecule has 0 spiro atoms. The van der Waals surface area contributed by atoms with Crippen LogP contribution in [0.25, 0.3) is 11.1 Å². The Labute approximate surface area is 200 Å². The van der Waals surface area contributed by atoms with Crippen molar-refractivity contribution in [3.63, 3.8) is 0 Å². The normalized spacial score (nSPS) is 17.4. The molecule has 2 atom stereocenters. The average Bonchev–Trinajstić information content (AvgIpc) is 3.32. The Kier molecular flexibility index (Phi) is 7.23. The van der Waals surface area contributed by atoms with Gasteiger partial charge in [0, 0.05) is 30.5 Å². The van der Waals surface area contributed by atoms with E-state index in [2.05, 4.69) is 20.7 Å². The van der Waals surface area contributed by atoms with Crippen molar-refractivity contribution in [1.82, 2.24) is 25.4 Å². The molecule has 0 radical (unpaired) electrons. The number of nitrogens with one attached hydrogen (secondary N) is 2. The number of piperidine rings is 1. The lowest BCUT2D eigenvalue weighted by Gasteiger charge is -2.32. The second-order valence-corrected chi connectivity index (χ2v) is 8.61. The molecule has 3 heterocycles. The van der Waals surface area contributed by atoms with Gasteiger partial charge in [-0.05, 0) is 49.6 Å². The van der Waals surface area contributed by atoms with Crippen LogP contribution in [0.4, 0.5) is 13.2 Å². The molecule has 3 aromatic rings. The fourth-order valence-electron chi connectivity index (χ4n) is 4.21. The molecule has 1 saturated heterocycles. The summed E-state index contributed by atoms with van der Waals surface area (Å²) in [5.41, 5.74) is 1.17. The quantitative estimate of drug-likeness (QED) is 0.494. The van der Waals surface area contributed by atoms with Gasteiger partial charge >= 0.3 is 6.18 Å². The summed E-state index contributed by atoms with van der Waals surface area (Å²) in [5, 5.41) is 9.95. The zero-order valence-electron chi connectivity index (χ0n) is 18.6. The summed E-state index contributed by atoms with van der Waals surface area (Å²) in [6.07, 6.45) is 2.80. The maximum Gasteiger partial charge on any atom is 0.417 e. The maximum absolute atomic E-state index is 13.3. The molecule has 180 valence electrons. The minimum atomic E-state index is -4.68. The zero-order valence-corrected chi connectivity index (χ0v) is 19.3. The average molecular weight is 492 g/mol. The number of nitrogens with zero attached hydrogens (tertiary/aromatic N) is 3. The molecule has 1 aromatic carbocycles. The number of hydrogen-bond acceptors (Lipinski definition) is 4. The van der Waals surface area contributed by atoms with Crippen molar-refractivity contribution in [1.29, 1.82) is 0 Å². The van der Waals surface area contributed by atoms with Crippen LogP contribution in [0, 0.1) is 0 Å². The Balaban J connectivity index is 1.67. The van der Waals surface area contributed by atoms with E-state index >= 15 is 0 Å². The lowest BCUT2D eigenvalue weighted by molar-refractivity contribution is -0.137. The third-order valence-electron chi connectivity index (χ3n) is 5.98. The number of benzene rings is 1. The fourth-order valence-corrected chi connectivity index (χ4v) is 4.51. The SMILES string of the molecule is CCn1cc(-c2cccc([C@H](NC(=O)c3nccc(C(F)(F)F)c3Cl)[C@@H]3CCCCN3)c2)cn1. The lowest BCUT2D eigenvalue weighted by atomic mass is 9.91. The number of alkyl halides is 3. The Hall–Kier alpha value is -2.91. The molecule has 4 rings (SSSR count). The molecular weight excluding hydrogens is 467 g/mol. The van der Waals surface area contributed by atoms with Crippen LogP contribution in [-0.4, -0.2) is 33.3 Å². The predicted molar refractivity (Wildman–Crippen MR) is 123 cm³/mol. The first-order valence-electron chi connectivity index (χ1n) is 11.2. The van der Waals surface area contributed by atoms with Crippen LogP contribution >= 0.6 is 11.6 Å². The Morgan fingerprint density at radius 1 is 1.29 bits per heavy atom. The topological polar surface area (TPSA) is 71.8 Å².